The number of phenols is 2. The number of rotatable bonds is 7. The predicted molar refractivity (Wildman–Crippen MR) is 137 cm³/mol. The number of para-hydroxylation sites is 1. The van der Waals surface area contributed by atoms with Crippen molar-refractivity contribution < 1.29 is 20.1 Å². The van der Waals surface area contributed by atoms with Crippen molar-refractivity contribution in [2.24, 2.45) is 0 Å². The number of nitrogens with zero attached hydrogens (tertiary/aromatic N) is 1. The molecular weight excluding hydrogens is 438 g/mol. The zero-order valence-electron chi connectivity index (χ0n) is 19.3. The van der Waals surface area contributed by atoms with Gasteiger partial charge in [0.2, 0.25) is 5.91 Å². The van der Waals surface area contributed by atoms with Gasteiger partial charge in [0.1, 0.15) is 11.5 Å². The van der Waals surface area contributed by atoms with Crippen molar-refractivity contribution in [1.29, 1.82) is 0 Å². The summed E-state index contributed by atoms with van der Waals surface area (Å²) in [6.07, 6.45) is 1.08. The monoisotopic (exact) mass is 465 g/mol. The summed E-state index contributed by atoms with van der Waals surface area (Å²) in [6.45, 7) is 0.709. The molecule has 4 aromatic rings. The first-order valence-electron chi connectivity index (χ1n) is 11.8. The Morgan fingerprint density at radius 2 is 1.49 bits per heavy atom. The van der Waals surface area contributed by atoms with Gasteiger partial charge < -0.3 is 20.2 Å². The summed E-state index contributed by atoms with van der Waals surface area (Å²) in [7, 11) is 0. The van der Waals surface area contributed by atoms with Crippen LogP contribution in [-0.4, -0.2) is 27.8 Å². The molecule has 1 amide bonds. The largest absolute Gasteiger partial charge is 0.507 e. The number of benzene rings is 4. The van der Waals surface area contributed by atoms with Crippen LogP contribution in [0.5, 0.6) is 11.5 Å². The lowest BCUT2D eigenvalue weighted by atomic mass is 9.92. The summed E-state index contributed by atoms with van der Waals surface area (Å²) in [5, 5.41) is 31.7. The number of aliphatic hydroxyl groups is 1. The van der Waals surface area contributed by atoms with Gasteiger partial charge in [-0.2, -0.15) is 0 Å². The third-order valence-corrected chi connectivity index (χ3v) is 6.63. The second kappa shape index (κ2) is 9.65. The van der Waals surface area contributed by atoms with E-state index >= 15 is 0 Å². The lowest BCUT2D eigenvalue weighted by Gasteiger charge is -2.31. The van der Waals surface area contributed by atoms with Crippen LogP contribution >= 0.6 is 0 Å². The average molecular weight is 466 g/mol. The van der Waals surface area contributed by atoms with E-state index in [-0.39, 0.29) is 17.4 Å². The summed E-state index contributed by atoms with van der Waals surface area (Å²) in [5.74, 6) is 0.286. The molecule has 1 atom stereocenters. The topological polar surface area (TPSA) is 81.0 Å². The van der Waals surface area contributed by atoms with Gasteiger partial charge in [0.05, 0.1) is 6.10 Å². The minimum atomic E-state index is -0.602. The summed E-state index contributed by atoms with van der Waals surface area (Å²) in [5.41, 5.74) is 5.59. The number of aromatic hydroxyl groups is 2. The van der Waals surface area contributed by atoms with E-state index < -0.39 is 6.10 Å². The summed E-state index contributed by atoms with van der Waals surface area (Å²) >= 11 is 0. The van der Waals surface area contributed by atoms with Crippen LogP contribution in [0.3, 0.4) is 0 Å². The van der Waals surface area contributed by atoms with Gasteiger partial charge in [-0.05, 0) is 65.4 Å². The molecule has 1 aliphatic rings. The Morgan fingerprint density at radius 3 is 2.17 bits per heavy atom. The van der Waals surface area contributed by atoms with E-state index in [0.29, 0.717) is 36.9 Å². The fraction of sp³-hybridized carbons (Fsp3) is 0.167. The molecule has 1 aliphatic heterocycles. The fourth-order valence-electron chi connectivity index (χ4n) is 4.59. The summed E-state index contributed by atoms with van der Waals surface area (Å²) in [4.78, 5) is 13.8. The Morgan fingerprint density at radius 1 is 0.771 bits per heavy atom. The molecule has 35 heavy (non-hydrogen) atoms. The Labute approximate surface area is 204 Å². The Bertz CT molecular complexity index is 1370. The van der Waals surface area contributed by atoms with Gasteiger partial charge in [-0.3, -0.25) is 4.79 Å². The van der Waals surface area contributed by atoms with E-state index in [0.717, 1.165) is 27.9 Å². The molecule has 1 saturated heterocycles. The molecule has 0 aromatic heterocycles. The molecule has 0 saturated carbocycles. The molecular formula is C30H27NO4. The van der Waals surface area contributed by atoms with E-state index in [4.69, 9.17) is 0 Å². The lowest BCUT2D eigenvalue weighted by Crippen LogP contribution is -2.43. The molecule has 176 valence electrons. The zero-order valence-corrected chi connectivity index (χ0v) is 19.3. The van der Waals surface area contributed by atoms with Gasteiger partial charge in [-0.1, -0.05) is 60.7 Å². The number of amides is 1. The molecule has 0 spiro atoms. The highest BCUT2D eigenvalue weighted by atomic mass is 16.3. The van der Waals surface area contributed by atoms with Gasteiger partial charge in [0.15, 0.2) is 0 Å². The number of hydrogen-bond acceptors (Lipinski definition) is 4. The second-order valence-electron chi connectivity index (χ2n) is 8.85. The van der Waals surface area contributed by atoms with Gasteiger partial charge >= 0.3 is 0 Å². The highest BCUT2D eigenvalue weighted by molar-refractivity contribution is 5.99. The zero-order chi connectivity index (χ0) is 24.4. The third-order valence-electron chi connectivity index (χ3n) is 6.63. The third kappa shape index (κ3) is 4.63. The Balaban J connectivity index is 1.48. The number of anilines is 1. The molecule has 5 rings (SSSR count). The number of aryl methyl sites for hydroxylation is 1. The van der Waals surface area contributed by atoms with Crippen molar-refractivity contribution in [3.63, 3.8) is 0 Å². The minimum absolute atomic E-state index is 0.0706. The van der Waals surface area contributed by atoms with Crippen LogP contribution in [0.25, 0.3) is 22.3 Å². The van der Waals surface area contributed by atoms with Crippen LogP contribution in [0.15, 0.2) is 91.0 Å². The standard InChI is InChI=1S/C30H27NO4/c32-27(20-6-2-1-3-7-20)15-11-21-18-23(31-17-16-30(31)35)12-14-24(21)22-10-13-26(29(34)19-22)25-8-4-5-9-28(25)33/h1-10,12-14,18-19,27,32-34H,11,15-17H2/t27-/m0/s1. The first-order chi connectivity index (χ1) is 17.0. The maximum absolute atomic E-state index is 12.0. The van der Waals surface area contributed by atoms with Crippen molar-refractivity contribution in [1.82, 2.24) is 0 Å². The van der Waals surface area contributed by atoms with Crippen molar-refractivity contribution in [2.75, 3.05) is 11.4 Å². The first-order valence-corrected chi connectivity index (χ1v) is 11.8. The van der Waals surface area contributed by atoms with E-state index in [1.165, 1.54) is 0 Å². The molecule has 5 heteroatoms. The molecule has 5 nitrogen and oxygen atoms in total. The molecule has 0 aliphatic carbocycles. The van der Waals surface area contributed by atoms with Crippen molar-refractivity contribution in [3.05, 3.63) is 102 Å². The fourth-order valence-corrected chi connectivity index (χ4v) is 4.59. The van der Waals surface area contributed by atoms with E-state index in [2.05, 4.69) is 0 Å². The molecule has 1 heterocycles. The van der Waals surface area contributed by atoms with E-state index in [1.807, 2.05) is 60.7 Å². The number of phenolic OH excluding ortho intramolecular Hbond substituents is 2. The maximum Gasteiger partial charge on any atom is 0.228 e. The second-order valence-corrected chi connectivity index (χ2v) is 8.85. The molecule has 1 fully saturated rings. The van der Waals surface area contributed by atoms with Crippen molar-refractivity contribution in [2.45, 2.75) is 25.4 Å². The van der Waals surface area contributed by atoms with Crippen molar-refractivity contribution in [3.8, 4) is 33.8 Å². The molecule has 3 N–H and O–H groups in total. The number of β-lactam (4-membered cyclic amide) rings is 1. The van der Waals surface area contributed by atoms with Gasteiger partial charge in [0, 0.05) is 29.8 Å². The van der Waals surface area contributed by atoms with Crippen LogP contribution in [0, 0.1) is 0 Å². The first kappa shape index (κ1) is 22.7. The highest BCUT2D eigenvalue weighted by Crippen LogP contribution is 2.39. The molecule has 0 bridgehead atoms. The summed E-state index contributed by atoms with van der Waals surface area (Å²) in [6, 6.07) is 27.8. The maximum atomic E-state index is 12.0. The number of carbonyl (C=O) groups excluding carboxylic acids is 1. The molecule has 0 radical (unpaired) electrons. The normalized spacial score (nSPS) is 14.0. The number of carbonyl (C=O) groups is 1. The minimum Gasteiger partial charge on any atom is -0.507 e. The van der Waals surface area contributed by atoms with Crippen LogP contribution < -0.4 is 4.90 Å². The van der Waals surface area contributed by atoms with Crippen LogP contribution in [0.2, 0.25) is 0 Å². The van der Waals surface area contributed by atoms with Crippen LogP contribution in [0.1, 0.15) is 30.1 Å². The van der Waals surface area contributed by atoms with E-state index in [1.54, 1.807) is 35.2 Å². The van der Waals surface area contributed by atoms with E-state index in [9.17, 15) is 20.1 Å². The SMILES string of the molecule is O=C1CCN1c1ccc(-c2ccc(-c3ccccc3O)c(O)c2)c(CC[C@H](O)c2ccccc2)c1. The molecule has 0 unspecified atom stereocenters. The average Bonchev–Trinajstić information content (AvgIpc) is 2.87. The van der Waals surface area contributed by atoms with Crippen molar-refractivity contribution >= 4 is 11.6 Å². The number of aliphatic hydroxyl groups excluding tert-OH is 1. The lowest BCUT2D eigenvalue weighted by molar-refractivity contribution is -0.122. The Kier molecular flexibility index (Phi) is 6.25. The quantitative estimate of drug-likeness (QED) is 0.300. The van der Waals surface area contributed by atoms with Gasteiger partial charge in [-0.25, -0.2) is 0 Å². The predicted octanol–water partition coefficient (Wildman–Crippen LogP) is 5.83. The Hall–Kier alpha value is -4.09. The molecule has 4 aromatic carbocycles. The number of hydrogen-bond donors (Lipinski definition) is 3. The van der Waals surface area contributed by atoms with Crippen LogP contribution in [0.4, 0.5) is 5.69 Å². The van der Waals surface area contributed by atoms with Gasteiger partial charge in [-0.15, -0.1) is 0 Å². The summed E-state index contributed by atoms with van der Waals surface area (Å²) < 4.78 is 0. The highest BCUT2D eigenvalue weighted by Gasteiger charge is 2.26. The van der Waals surface area contributed by atoms with Gasteiger partial charge in [0.25, 0.3) is 0 Å². The van der Waals surface area contributed by atoms with Crippen LogP contribution in [-0.2, 0) is 11.2 Å². The smallest absolute Gasteiger partial charge is 0.228 e.